The van der Waals surface area contributed by atoms with E-state index in [1.165, 1.54) is 0 Å². The number of hydrogen-bond acceptors (Lipinski definition) is 3. The Bertz CT molecular complexity index is 1250. The lowest BCUT2D eigenvalue weighted by atomic mass is 10.0. The molecule has 3 N–H and O–H groups in total. The van der Waals surface area contributed by atoms with Crippen molar-refractivity contribution in [3.63, 3.8) is 0 Å². The van der Waals surface area contributed by atoms with E-state index in [0.717, 1.165) is 34.0 Å². The maximum atomic E-state index is 11.9. The third-order valence-electron chi connectivity index (χ3n) is 5.80. The van der Waals surface area contributed by atoms with Crippen molar-refractivity contribution in [1.29, 1.82) is 0 Å². The molecule has 0 amide bonds. The van der Waals surface area contributed by atoms with Gasteiger partial charge < -0.3 is 20.1 Å². The molecule has 0 unspecified atom stereocenters. The highest BCUT2D eigenvalue weighted by molar-refractivity contribution is 6.30. The number of rotatable bonds is 9. The van der Waals surface area contributed by atoms with Gasteiger partial charge in [0.05, 0.1) is 6.10 Å². The summed E-state index contributed by atoms with van der Waals surface area (Å²) in [5.41, 5.74) is 4.12. The van der Waals surface area contributed by atoms with Crippen molar-refractivity contribution in [1.82, 2.24) is 9.88 Å². The van der Waals surface area contributed by atoms with Gasteiger partial charge in [0.15, 0.2) is 0 Å². The molecule has 0 aliphatic rings. The van der Waals surface area contributed by atoms with Crippen LogP contribution in [-0.2, 0) is 13.0 Å². The summed E-state index contributed by atoms with van der Waals surface area (Å²) in [7, 11) is 0. The second-order valence-electron chi connectivity index (χ2n) is 8.38. The number of carboxylic acids is 1. The largest absolute Gasteiger partial charge is 0.477 e. The van der Waals surface area contributed by atoms with Crippen LogP contribution >= 0.6 is 11.6 Å². The molecule has 5 nitrogen and oxygen atoms in total. The van der Waals surface area contributed by atoms with Crippen LogP contribution in [0.15, 0.2) is 78.9 Å². The van der Waals surface area contributed by atoms with Crippen LogP contribution in [0.3, 0.4) is 0 Å². The predicted octanol–water partition coefficient (Wildman–Crippen LogP) is 5.30. The number of aromatic carboxylic acids is 1. The molecule has 0 saturated carbocycles. The number of aromatic nitrogens is 1. The third kappa shape index (κ3) is 5.63. The van der Waals surface area contributed by atoms with E-state index in [2.05, 4.69) is 18.3 Å². The van der Waals surface area contributed by atoms with Gasteiger partial charge in [0.2, 0.25) is 0 Å². The lowest BCUT2D eigenvalue weighted by Gasteiger charge is -2.18. The summed E-state index contributed by atoms with van der Waals surface area (Å²) in [6.07, 6.45) is 0.114. The zero-order valence-electron chi connectivity index (χ0n) is 18.4. The van der Waals surface area contributed by atoms with Crippen molar-refractivity contribution in [3.05, 3.63) is 106 Å². The number of nitrogens with one attached hydrogen (secondary N) is 1. The quantitative estimate of drug-likeness (QED) is 0.315. The van der Waals surface area contributed by atoms with E-state index >= 15 is 0 Å². The molecule has 0 aliphatic heterocycles. The summed E-state index contributed by atoms with van der Waals surface area (Å²) in [6, 6.07) is 25.1. The Kier molecular flexibility index (Phi) is 7.14. The highest BCUT2D eigenvalue weighted by Crippen LogP contribution is 2.24. The van der Waals surface area contributed by atoms with Gasteiger partial charge in [0.1, 0.15) is 5.69 Å². The van der Waals surface area contributed by atoms with Crippen molar-refractivity contribution in [3.8, 4) is 0 Å². The lowest BCUT2D eigenvalue weighted by Crippen LogP contribution is -2.32. The zero-order chi connectivity index (χ0) is 23.4. The highest BCUT2D eigenvalue weighted by Gasteiger charge is 2.16. The maximum Gasteiger partial charge on any atom is 0.352 e. The zero-order valence-corrected chi connectivity index (χ0v) is 19.2. The van der Waals surface area contributed by atoms with Crippen LogP contribution in [0, 0.1) is 0 Å². The van der Waals surface area contributed by atoms with Crippen molar-refractivity contribution >= 4 is 28.5 Å². The van der Waals surface area contributed by atoms with E-state index in [9.17, 15) is 15.0 Å². The van der Waals surface area contributed by atoms with Crippen LogP contribution in [0.25, 0.3) is 10.9 Å². The standard InChI is InChI=1S/C27H27ClN2O3/c1-18(29-16-26(31)21-8-5-9-23(28)14-21)12-20-10-11-24-22(13-20)15-25(27(32)33)30(24)17-19-6-3-2-4-7-19/h2-11,13-15,18,26,29,31H,12,16-17H2,1H3,(H,32,33)/t18-,26-/m1/s1. The van der Waals surface area contributed by atoms with Gasteiger partial charge >= 0.3 is 5.97 Å². The Balaban J connectivity index is 1.47. The number of hydrogen-bond donors (Lipinski definition) is 3. The van der Waals surface area contributed by atoms with Gasteiger partial charge in [0, 0.05) is 35.1 Å². The van der Waals surface area contributed by atoms with E-state index in [4.69, 9.17) is 11.6 Å². The maximum absolute atomic E-state index is 11.9. The minimum atomic E-state index is -0.936. The first-order valence-corrected chi connectivity index (χ1v) is 11.3. The molecule has 0 fully saturated rings. The first-order chi connectivity index (χ1) is 15.9. The Labute approximate surface area is 198 Å². The van der Waals surface area contributed by atoms with Crippen molar-refractivity contribution in [2.75, 3.05) is 6.54 Å². The molecular weight excluding hydrogens is 436 g/mol. The molecule has 0 spiro atoms. The van der Waals surface area contributed by atoms with Gasteiger partial charge in [0.25, 0.3) is 0 Å². The fourth-order valence-corrected chi connectivity index (χ4v) is 4.33. The highest BCUT2D eigenvalue weighted by atomic mass is 35.5. The van der Waals surface area contributed by atoms with Crippen LogP contribution in [-0.4, -0.2) is 33.3 Å². The van der Waals surface area contributed by atoms with Gasteiger partial charge in [-0.25, -0.2) is 4.79 Å². The molecule has 1 aromatic heterocycles. The molecule has 2 atom stereocenters. The lowest BCUT2D eigenvalue weighted by molar-refractivity contribution is 0.0686. The first kappa shape index (κ1) is 23.1. The fourth-order valence-electron chi connectivity index (χ4n) is 4.13. The topological polar surface area (TPSA) is 74.5 Å². The third-order valence-corrected chi connectivity index (χ3v) is 6.04. The number of halogens is 1. The number of benzene rings is 3. The molecule has 0 radical (unpaired) electrons. The molecule has 4 aromatic rings. The van der Waals surface area contributed by atoms with Crippen LogP contribution < -0.4 is 5.32 Å². The number of nitrogens with zero attached hydrogens (tertiary/aromatic N) is 1. The van der Waals surface area contributed by atoms with E-state index < -0.39 is 12.1 Å². The van der Waals surface area contributed by atoms with Crippen molar-refractivity contribution in [2.24, 2.45) is 0 Å². The number of aliphatic hydroxyl groups excluding tert-OH is 1. The molecule has 0 aliphatic carbocycles. The minimum absolute atomic E-state index is 0.127. The molecule has 33 heavy (non-hydrogen) atoms. The summed E-state index contributed by atoms with van der Waals surface area (Å²) in [4.78, 5) is 11.9. The molecule has 0 bridgehead atoms. The van der Waals surface area contributed by atoms with Crippen LogP contribution in [0.4, 0.5) is 0 Å². The predicted molar refractivity (Wildman–Crippen MR) is 132 cm³/mol. The molecule has 3 aromatic carbocycles. The number of carbonyl (C=O) groups is 1. The summed E-state index contributed by atoms with van der Waals surface area (Å²) in [5, 5.41) is 25.0. The van der Waals surface area contributed by atoms with Gasteiger partial charge in [-0.15, -0.1) is 0 Å². The molecule has 6 heteroatoms. The SMILES string of the molecule is C[C@H](Cc1ccc2c(c1)cc(C(=O)O)n2Cc1ccccc1)NC[C@@H](O)c1cccc(Cl)c1. The van der Waals surface area contributed by atoms with E-state index in [-0.39, 0.29) is 11.7 Å². The average Bonchev–Trinajstić information content (AvgIpc) is 3.16. The molecule has 170 valence electrons. The molecule has 1 heterocycles. The summed E-state index contributed by atoms with van der Waals surface area (Å²) in [5.74, 6) is -0.936. The summed E-state index contributed by atoms with van der Waals surface area (Å²) >= 11 is 6.01. The van der Waals surface area contributed by atoms with Crippen LogP contribution in [0.2, 0.25) is 5.02 Å². The number of aliphatic hydroxyl groups is 1. The Morgan fingerprint density at radius 1 is 1.00 bits per heavy atom. The van der Waals surface area contributed by atoms with E-state index in [0.29, 0.717) is 18.1 Å². The second kappa shape index (κ2) is 10.2. The fraction of sp³-hybridized carbons (Fsp3) is 0.222. The first-order valence-electron chi connectivity index (χ1n) is 11.0. The van der Waals surface area contributed by atoms with Gasteiger partial charge in [-0.2, -0.15) is 0 Å². The average molecular weight is 463 g/mol. The van der Waals surface area contributed by atoms with Gasteiger partial charge in [-0.3, -0.25) is 0 Å². The molecular formula is C27H27ClN2O3. The monoisotopic (exact) mass is 462 g/mol. The summed E-state index contributed by atoms with van der Waals surface area (Å²) in [6.45, 7) is 2.99. The van der Waals surface area contributed by atoms with Crippen LogP contribution in [0.1, 0.15) is 40.2 Å². The van der Waals surface area contributed by atoms with E-state index in [1.54, 1.807) is 18.2 Å². The normalized spacial score (nSPS) is 13.2. The van der Waals surface area contributed by atoms with Gasteiger partial charge in [-0.1, -0.05) is 60.1 Å². The Morgan fingerprint density at radius 3 is 2.52 bits per heavy atom. The van der Waals surface area contributed by atoms with Crippen LogP contribution in [0.5, 0.6) is 0 Å². The Hall–Kier alpha value is -3.12. The Morgan fingerprint density at radius 2 is 1.79 bits per heavy atom. The molecule has 4 rings (SSSR count). The number of fused-ring (bicyclic) bond motifs is 1. The van der Waals surface area contributed by atoms with Gasteiger partial charge in [-0.05, 0) is 60.4 Å². The summed E-state index contributed by atoms with van der Waals surface area (Å²) < 4.78 is 1.85. The minimum Gasteiger partial charge on any atom is -0.477 e. The number of carboxylic acid groups (broad SMARTS) is 1. The second-order valence-corrected chi connectivity index (χ2v) is 8.82. The van der Waals surface area contributed by atoms with Crippen molar-refractivity contribution < 1.29 is 15.0 Å². The smallest absolute Gasteiger partial charge is 0.352 e. The molecule has 0 saturated heterocycles. The van der Waals surface area contributed by atoms with E-state index in [1.807, 2.05) is 59.2 Å². The van der Waals surface area contributed by atoms with Crippen molar-refractivity contribution in [2.45, 2.75) is 32.0 Å².